The van der Waals surface area contributed by atoms with Gasteiger partial charge in [-0.25, -0.2) is 9.59 Å². The van der Waals surface area contributed by atoms with Crippen LogP contribution in [-0.4, -0.2) is 79.2 Å². The first-order valence-corrected chi connectivity index (χ1v) is 43.9. The van der Waals surface area contributed by atoms with Crippen LogP contribution in [-0.2, 0) is 33.4 Å². The number of hydrogen-bond donors (Lipinski definition) is 3. The van der Waals surface area contributed by atoms with E-state index in [9.17, 15) is 24.3 Å². The summed E-state index contributed by atoms with van der Waals surface area (Å²) in [6.07, 6.45) is 46.8. The summed E-state index contributed by atoms with van der Waals surface area (Å²) in [5, 5.41) is 28.5. The molecule has 12 aliphatic carbocycles. The number of aldehydes is 1. The molecule has 0 spiro atoms. The van der Waals surface area contributed by atoms with E-state index < -0.39 is 0 Å². The van der Waals surface area contributed by atoms with Crippen LogP contribution in [0.15, 0.2) is 137 Å². The number of aliphatic hydroxyl groups excluding tert-OH is 3. The molecular weight excluding hydrogens is 1350 g/mol. The van der Waals surface area contributed by atoms with Crippen LogP contribution >= 0.6 is 0 Å². The van der Waals surface area contributed by atoms with Crippen molar-refractivity contribution in [2.75, 3.05) is 33.5 Å². The zero-order valence-electron chi connectivity index (χ0n) is 72.6. The zero-order valence-corrected chi connectivity index (χ0v) is 72.6. The number of hydrogen-bond acceptors (Lipinski definition) is 10. The number of carbonyl (C=O) groups excluding carboxylic acids is 4. The highest BCUT2D eigenvalue weighted by Gasteiger charge is 2.44. The molecule has 13 unspecified atom stereocenters. The van der Waals surface area contributed by atoms with Crippen molar-refractivity contribution in [2.24, 2.45) is 107 Å². The zero-order chi connectivity index (χ0) is 80.1. The summed E-state index contributed by atoms with van der Waals surface area (Å²) in [6.45, 7) is 45.0. The lowest BCUT2D eigenvalue weighted by molar-refractivity contribution is -0.143. The normalized spacial score (nSPS) is 33.1. The van der Waals surface area contributed by atoms with Crippen molar-refractivity contribution in [3.05, 3.63) is 137 Å². The minimum Gasteiger partial charge on any atom is -0.466 e. The van der Waals surface area contributed by atoms with Gasteiger partial charge in [0.25, 0.3) is 0 Å². The second-order valence-electron chi connectivity index (χ2n) is 36.8. The molecule has 0 aliphatic heterocycles. The molecule has 10 nitrogen and oxygen atoms in total. The van der Waals surface area contributed by atoms with Crippen molar-refractivity contribution >= 4 is 24.2 Å². The quantitative estimate of drug-likeness (QED) is 0.0301. The number of esters is 3. The minimum atomic E-state index is -0.257. The summed E-state index contributed by atoms with van der Waals surface area (Å²) in [5.74, 6) is 11.7. The highest BCUT2D eigenvalue weighted by Crippen LogP contribution is 2.54. The van der Waals surface area contributed by atoms with Gasteiger partial charge in [0.2, 0.25) is 0 Å². The third-order valence-electron chi connectivity index (χ3n) is 28.5. The maximum absolute atomic E-state index is 11.7. The third-order valence-corrected chi connectivity index (χ3v) is 28.5. The topological polar surface area (TPSA) is 157 Å². The van der Waals surface area contributed by atoms with Crippen LogP contribution in [0.4, 0.5) is 0 Å². The van der Waals surface area contributed by atoms with Crippen LogP contribution in [0.25, 0.3) is 0 Å². The fraction of sp³-hybridized carbons (Fsp3) is 0.717. The molecule has 0 radical (unpaired) electrons. The maximum Gasteiger partial charge on any atom is 0.333 e. The predicted octanol–water partition coefficient (Wildman–Crippen LogP) is 24.2. The van der Waals surface area contributed by atoms with Crippen LogP contribution < -0.4 is 0 Å². The fourth-order valence-electron chi connectivity index (χ4n) is 22.4. The third kappa shape index (κ3) is 24.4. The Morgan fingerprint density at radius 3 is 1.07 bits per heavy atom. The smallest absolute Gasteiger partial charge is 0.333 e. The molecule has 3 N–H and O–H groups in total. The number of rotatable bonds is 18. The van der Waals surface area contributed by atoms with Gasteiger partial charge in [-0.3, -0.25) is 9.59 Å². The number of methoxy groups -OCH3 is 1. The van der Waals surface area contributed by atoms with Crippen molar-refractivity contribution in [1.29, 1.82) is 0 Å². The molecule has 10 heteroatoms. The molecule has 19 atom stereocenters. The summed E-state index contributed by atoms with van der Waals surface area (Å²) in [6, 6.07) is 0. The lowest BCUT2D eigenvalue weighted by Crippen LogP contribution is -2.30. The molecular formula is C99H154O10. The van der Waals surface area contributed by atoms with Gasteiger partial charge in [0, 0.05) is 23.5 Å². The molecule has 0 aromatic rings. The van der Waals surface area contributed by atoms with Crippen LogP contribution in [0.3, 0.4) is 0 Å². The van der Waals surface area contributed by atoms with Gasteiger partial charge >= 0.3 is 17.9 Å². The first-order chi connectivity index (χ1) is 51.9. The number of allylic oxidation sites excluding steroid dienone is 17. The second-order valence-corrected chi connectivity index (χ2v) is 36.8. The molecule has 109 heavy (non-hydrogen) atoms. The van der Waals surface area contributed by atoms with Gasteiger partial charge in [0.05, 0.1) is 33.0 Å². The Labute approximate surface area is 664 Å². The van der Waals surface area contributed by atoms with Crippen LogP contribution in [0, 0.1) is 107 Å². The van der Waals surface area contributed by atoms with Crippen LogP contribution in [0.5, 0.6) is 0 Å². The first-order valence-electron chi connectivity index (χ1n) is 43.9. The van der Waals surface area contributed by atoms with Gasteiger partial charge in [0.1, 0.15) is 12.9 Å². The van der Waals surface area contributed by atoms with Gasteiger partial charge < -0.3 is 29.5 Å². The van der Waals surface area contributed by atoms with Crippen molar-refractivity contribution in [2.45, 2.75) is 318 Å². The standard InChI is InChI=1S/C21H34O2.C17H26O2.C16H24O3.2C15H24O.C15H22O/c1-5-6-7-8-20(22)23-14-15(2)13-18-11-9-16(3)19-12-10-17(4)21(18)19;1-5-19-17(18)13(4)10-14-8-6-11(2)15-9-7-12(3)16(14)15;1-9-5-6-12(7-11(3)16(18)19-4)14-10(2)8-13(17)15(9)14;3*1-10(9-16)8-13-6-4-11(2)14-7-5-12(3)15(13)14/h13,16,18-19H,5-12,14H2,1-4H3;10-11,14-15H,5-9H2,1-4H3;7,9,12-13,15,17H,5-6,8H2,1-4H3;2*8,11,13-14,16H,4-7,9H2,1-3H3;8-9,11,13-14H,4-7H2,1-3H3/b15-13+;13-10+;11-7+;10-8+;10-8-;10-8+/t16?,18-,19?;11?,14-,15?;9?,12-,13?,15?;3*11?,13-,14?/m000000/s1. The lowest BCUT2D eigenvalue weighted by atomic mass is 9.70. The van der Waals surface area contributed by atoms with E-state index in [4.69, 9.17) is 24.4 Å². The molecule has 12 rings (SSSR count). The maximum atomic E-state index is 11.7. The summed E-state index contributed by atoms with van der Waals surface area (Å²) in [5.41, 5.74) is 24.9. The highest BCUT2D eigenvalue weighted by molar-refractivity contribution is 5.88. The molecule has 12 aliphatic rings. The number of carbonyl (C=O) groups is 4. The molecule has 0 aromatic carbocycles. The Hall–Kier alpha value is -5.16. The number of aliphatic hydroxyl groups is 3. The Morgan fingerprint density at radius 2 is 0.734 bits per heavy atom. The molecule has 0 saturated heterocycles. The van der Waals surface area contributed by atoms with Crippen molar-refractivity contribution in [3.63, 3.8) is 0 Å². The van der Waals surface area contributed by atoms with Gasteiger partial charge in [-0.2, -0.15) is 0 Å². The largest absolute Gasteiger partial charge is 0.466 e. The Kier molecular flexibility index (Phi) is 36.7. The molecule has 610 valence electrons. The van der Waals surface area contributed by atoms with Crippen LogP contribution in [0.1, 0.15) is 312 Å². The molecule has 6 saturated carbocycles. The average molecular weight is 1500 g/mol. The Morgan fingerprint density at radius 1 is 0.404 bits per heavy atom. The average Bonchev–Trinajstić information content (AvgIpc) is 1.64. The van der Waals surface area contributed by atoms with Gasteiger partial charge in [-0.05, 0) is 356 Å². The van der Waals surface area contributed by atoms with E-state index in [-0.39, 0.29) is 49.1 Å². The van der Waals surface area contributed by atoms with Crippen molar-refractivity contribution < 1.29 is 48.7 Å². The molecule has 0 bridgehead atoms. The predicted molar refractivity (Wildman–Crippen MR) is 452 cm³/mol. The monoisotopic (exact) mass is 1500 g/mol. The van der Waals surface area contributed by atoms with E-state index in [1.807, 2.05) is 40.7 Å². The molecule has 0 amide bonds. The summed E-state index contributed by atoms with van der Waals surface area (Å²) in [4.78, 5) is 45.7. The number of fused-ring (bicyclic) bond motifs is 6. The van der Waals surface area contributed by atoms with Gasteiger partial charge in [-0.1, -0.05) is 176 Å². The van der Waals surface area contributed by atoms with E-state index >= 15 is 0 Å². The second kappa shape index (κ2) is 43.9. The van der Waals surface area contributed by atoms with Gasteiger partial charge in [-0.15, -0.1) is 0 Å². The number of unbranched alkanes of at least 4 members (excludes halogenated alkanes) is 2. The van der Waals surface area contributed by atoms with Crippen LogP contribution in [0.2, 0.25) is 0 Å². The number of ether oxygens (including phenoxy) is 3. The van der Waals surface area contributed by atoms with E-state index in [2.05, 4.69) is 127 Å². The first kappa shape index (κ1) is 91.0. The SMILES string of the molecule is CC1=C2C(CC1)C(C)CC[C@H]2/C=C(/C)CO.CC1=C2C(CC1)C(C)CC[C@H]2/C=C(\C)C=O.CC1=C2C(CC1)C(C)CC[C@H]2/C=C(\C)CO.CCCCCC(=O)OC/C(C)=C/[C@@H]1CCC(C)C2CCC(C)=C21.CCOC(=O)/C(C)=C/[C@@H]1CCC(C)C2CCC(C)=C21.COC(=O)/C(C)=C/[C@@H]1CCC(C)C2C1=C(C)CC2O. The lowest BCUT2D eigenvalue weighted by Gasteiger charge is -2.35. The van der Waals surface area contributed by atoms with Gasteiger partial charge in [0.15, 0.2) is 0 Å². The van der Waals surface area contributed by atoms with Crippen molar-refractivity contribution in [3.8, 4) is 0 Å². The minimum absolute atomic E-state index is 0.0439. The highest BCUT2D eigenvalue weighted by atomic mass is 16.5. The molecule has 0 heterocycles. The molecule has 6 fully saturated rings. The fourth-order valence-corrected chi connectivity index (χ4v) is 22.4. The van der Waals surface area contributed by atoms with E-state index in [1.165, 1.54) is 152 Å². The summed E-state index contributed by atoms with van der Waals surface area (Å²) in [7, 11) is 1.41. The van der Waals surface area contributed by atoms with E-state index in [1.54, 1.807) is 62.7 Å². The summed E-state index contributed by atoms with van der Waals surface area (Å²) >= 11 is 0. The van der Waals surface area contributed by atoms with Crippen molar-refractivity contribution in [1.82, 2.24) is 0 Å². The Bertz CT molecular complexity index is 3420. The van der Waals surface area contributed by atoms with E-state index in [0.717, 1.165) is 126 Å². The Balaban J connectivity index is 0.000000183. The van der Waals surface area contributed by atoms with E-state index in [0.29, 0.717) is 60.7 Å². The molecule has 0 aromatic heterocycles. The summed E-state index contributed by atoms with van der Waals surface area (Å²) < 4.78 is 15.3.